The predicted octanol–water partition coefficient (Wildman–Crippen LogP) is 0.701. The highest BCUT2D eigenvalue weighted by Gasteiger charge is 2.14. The summed E-state index contributed by atoms with van der Waals surface area (Å²) < 4.78 is 0. The van der Waals surface area contributed by atoms with Crippen LogP contribution in [0.2, 0.25) is 0 Å². The van der Waals surface area contributed by atoms with E-state index in [9.17, 15) is 4.79 Å². The Hall–Kier alpha value is -0.910. The second kappa shape index (κ2) is 7.38. The first kappa shape index (κ1) is 13.2. The fourth-order valence-corrected chi connectivity index (χ4v) is 2.29. The maximum atomic E-state index is 11.8. The molecular formula is C10H20N4OS. The van der Waals surface area contributed by atoms with Crippen LogP contribution in [0.4, 0.5) is 0 Å². The maximum absolute atomic E-state index is 11.8. The van der Waals surface area contributed by atoms with Crippen LogP contribution in [0.15, 0.2) is 5.10 Å². The van der Waals surface area contributed by atoms with Gasteiger partial charge in [0.15, 0.2) is 5.17 Å². The van der Waals surface area contributed by atoms with Crippen molar-refractivity contribution in [2.24, 2.45) is 16.7 Å². The smallest absolute Gasteiger partial charge is 0.233 e. The molecule has 0 unspecified atom stereocenters. The minimum Gasteiger partial charge on any atom is -0.377 e. The molecule has 0 saturated carbocycles. The van der Waals surface area contributed by atoms with Crippen molar-refractivity contribution in [3.63, 3.8) is 0 Å². The van der Waals surface area contributed by atoms with Gasteiger partial charge in [-0.1, -0.05) is 31.0 Å². The van der Waals surface area contributed by atoms with Crippen molar-refractivity contribution in [2.45, 2.75) is 32.1 Å². The van der Waals surface area contributed by atoms with Gasteiger partial charge in [-0.3, -0.25) is 4.79 Å². The van der Waals surface area contributed by atoms with E-state index in [0.717, 1.165) is 25.9 Å². The lowest BCUT2D eigenvalue weighted by atomic mass is 10.1. The molecule has 1 rings (SSSR count). The van der Waals surface area contributed by atoms with Crippen LogP contribution in [0.5, 0.6) is 0 Å². The van der Waals surface area contributed by atoms with Gasteiger partial charge in [-0.25, -0.2) is 0 Å². The summed E-state index contributed by atoms with van der Waals surface area (Å²) >= 11 is 1.20. The molecule has 0 bridgehead atoms. The Morgan fingerprint density at radius 1 is 1.19 bits per heavy atom. The number of hydrogen-bond donors (Lipinski definition) is 2. The SMILES string of the molecule is NN=C(N)SCC(=O)N1CCCCCCC1. The molecule has 1 saturated heterocycles. The average molecular weight is 244 g/mol. The van der Waals surface area contributed by atoms with E-state index < -0.39 is 0 Å². The third-order valence-electron chi connectivity index (χ3n) is 2.68. The van der Waals surface area contributed by atoms with Gasteiger partial charge in [-0.2, -0.15) is 5.10 Å². The summed E-state index contributed by atoms with van der Waals surface area (Å²) in [5.74, 6) is 5.48. The van der Waals surface area contributed by atoms with Crippen molar-refractivity contribution in [3.8, 4) is 0 Å². The molecule has 0 radical (unpaired) electrons. The van der Waals surface area contributed by atoms with Crippen LogP contribution in [0, 0.1) is 0 Å². The number of amidine groups is 1. The highest BCUT2D eigenvalue weighted by atomic mass is 32.2. The molecule has 1 amide bonds. The second-order valence-corrected chi connectivity index (χ2v) is 4.90. The molecule has 1 aliphatic heterocycles. The topological polar surface area (TPSA) is 84.7 Å². The lowest BCUT2D eigenvalue weighted by molar-refractivity contribution is -0.128. The summed E-state index contributed by atoms with van der Waals surface area (Å²) in [4.78, 5) is 13.8. The van der Waals surface area contributed by atoms with Crippen molar-refractivity contribution in [3.05, 3.63) is 0 Å². The van der Waals surface area contributed by atoms with E-state index in [1.165, 1.54) is 31.0 Å². The molecule has 0 aromatic carbocycles. The lowest BCUT2D eigenvalue weighted by Gasteiger charge is -2.24. The van der Waals surface area contributed by atoms with E-state index in [0.29, 0.717) is 5.75 Å². The number of nitrogens with two attached hydrogens (primary N) is 2. The van der Waals surface area contributed by atoms with Crippen LogP contribution in [-0.4, -0.2) is 34.8 Å². The van der Waals surface area contributed by atoms with Gasteiger partial charge in [0.05, 0.1) is 5.75 Å². The van der Waals surface area contributed by atoms with E-state index in [-0.39, 0.29) is 11.1 Å². The summed E-state index contributed by atoms with van der Waals surface area (Å²) in [6.07, 6.45) is 5.96. The Kier molecular flexibility index (Phi) is 6.07. The van der Waals surface area contributed by atoms with Gasteiger partial charge in [0.25, 0.3) is 0 Å². The number of carbonyl (C=O) groups excluding carboxylic acids is 1. The van der Waals surface area contributed by atoms with E-state index in [1.807, 2.05) is 4.90 Å². The molecule has 0 spiro atoms. The number of carbonyl (C=O) groups is 1. The van der Waals surface area contributed by atoms with Crippen LogP contribution in [0.25, 0.3) is 0 Å². The van der Waals surface area contributed by atoms with Crippen molar-refractivity contribution in [2.75, 3.05) is 18.8 Å². The van der Waals surface area contributed by atoms with Crippen molar-refractivity contribution in [1.29, 1.82) is 0 Å². The van der Waals surface area contributed by atoms with Gasteiger partial charge in [0.2, 0.25) is 5.91 Å². The third-order valence-corrected chi connectivity index (χ3v) is 3.47. The number of hydrazone groups is 1. The van der Waals surface area contributed by atoms with Crippen LogP contribution in [-0.2, 0) is 4.79 Å². The maximum Gasteiger partial charge on any atom is 0.233 e. The minimum absolute atomic E-state index is 0.138. The largest absolute Gasteiger partial charge is 0.377 e. The number of rotatable bonds is 2. The summed E-state index contributed by atoms with van der Waals surface area (Å²) in [5.41, 5.74) is 5.42. The zero-order chi connectivity index (χ0) is 11.8. The first-order chi connectivity index (χ1) is 7.74. The van der Waals surface area contributed by atoms with Crippen molar-refractivity contribution < 1.29 is 4.79 Å². The molecule has 0 aromatic rings. The molecule has 1 fully saturated rings. The summed E-state index contributed by atoms with van der Waals surface area (Å²) in [5, 5.41) is 3.59. The molecule has 1 heterocycles. The van der Waals surface area contributed by atoms with Crippen molar-refractivity contribution in [1.82, 2.24) is 4.90 Å². The number of thioether (sulfide) groups is 1. The number of nitrogens with zero attached hydrogens (tertiary/aromatic N) is 2. The van der Waals surface area contributed by atoms with Crippen LogP contribution >= 0.6 is 11.8 Å². The van der Waals surface area contributed by atoms with Gasteiger partial charge in [-0.15, -0.1) is 0 Å². The first-order valence-corrected chi connectivity index (χ1v) is 6.66. The Balaban J connectivity index is 2.32. The van der Waals surface area contributed by atoms with E-state index in [1.54, 1.807) is 0 Å². The van der Waals surface area contributed by atoms with Crippen LogP contribution in [0.1, 0.15) is 32.1 Å². The molecule has 92 valence electrons. The highest BCUT2D eigenvalue weighted by molar-refractivity contribution is 8.14. The zero-order valence-corrected chi connectivity index (χ0v) is 10.3. The molecule has 0 atom stereocenters. The molecule has 6 heteroatoms. The lowest BCUT2D eigenvalue weighted by Crippen LogP contribution is -2.35. The monoisotopic (exact) mass is 244 g/mol. The summed E-state index contributed by atoms with van der Waals surface area (Å²) in [6, 6.07) is 0. The second-order valence-electron chi connectivity index (χ2n) is 3.90. The molecule has 5 nitrogen and oxygen atoms in total. The predicted molar refractivity (Wildman–Crippen MR) is 67.9 cm³/mol. The van der Waals surface area contributed by atoms with Gasteiger partial charge < -0.3 is 16.5 Å². The number of amides is 1. The van der Waals surface area contributed by atoms with Crippen molar-refractivity contribution >= 4 is 22.8 Å². The highest BCUT2D eigenvalue weighted by Crippen LogP contribution is 2.12. The minimum atomic E-state index is 0.138. The van der Waals surface area contributed by atoms with Gasteiger partial charge >= 0.3 is 0 Å². The Morgan fingerprint density at radius 3 is 2.31 bits per heavy atom. The molecule has 0 aliphatic carbocycles. The fraction of sp³-hybridized carbons (Fsp3) is 0.800. The normalized spacial score (nSPS) is 19.0. The van der Waals surface area contributed by atoms with Crippen LogP contribution < -0.4 is 11.6 Å². The van der Waals surface area contributed by atoms with Crippen LogP contribution in [0.3, 0.4) is 0 Å². The Bertz CT molecular complexity index is 249. The standard InChI is InChI=1S/C10H20N4OS/c11-10(13-12)16-8-9(15)14-6-4-2-1-3-5-7-14/h1-8,12H2,(H2,11,13). The van der Waals surface area contributed by atoms with E-state index in [2.05, 4.69) is 5.10 Å². The molecule has 0 aromatic heterocycles. The molecule has 4 N–H and O–H groups in total. The Labute approximate surface area is 101 Å². The average Bonchev–Trinajstić information content (AvgIpc) is 2.25. The number of hydrogen-bond acceptors (Lipinski definition) is 4. The van der Waals surface area contributed by atoms with E-state index in [4.69, 9.17) is 11.6 Å². The fourth-order valence-electron chi connectivity index (χ4n) is 1.76. The summed E-state index contributed by atoms with van der Waals surface area (Å²) in [7, 11) is 0. The summed E-state index contributed by atoms with van der Waals surface area (Å²) in [6.45, 7) is 1.75. The number of likely N-dealkylation sites (tertiary alicyclic amines) is 1. The quantitative estimate of drug-likeness (QED) is 0.324. The first-order valence-electron chi connectivity index (χ1n) is 5.68. The van der Waals surface area contributed by atoms with E-state index >= 15 is 0 Å². The molecule has 1 aliphatic rings. The molecule has 16 heavy (non-hydrogen) atoms. The van der Waals surface area contributed by atoms with Gasteiger partial charge in [-0.05, 0) is 12.8 Å². The third kappa shape index (κ3) is 4.74. The van der Waals surface area contributed by atoms with Gasteiger partial charge in [0, 0.05) is 13.1 Å². The Morgan fingerprint density at radius 2 is 1.75 bits per heavy atom. The molecular weight excluding hydrogens is 224 g/mol. The zero-order valence-electron chi connectivity index (χ0n) is 9.52. The van der Waals surface area contributed by atoms with Gasteiger partial charge in [0.1, 0.15) is 0 Å².